The number of para-hydroxylation sites is 3. The number of imidazole rings is 1. The van der Waals surface area contributed by atoms with Gasteiger partial charge in [0.05, 0.1) is 11.0 Å². The first-order chi connectivity index (χ1) is 15.5. The first kappa shape index (κ1) is 21.6. The van der Waals surface area contributed by atoms with E-state index in [2.05, 4.69) is 48.9 Å². The van der Waals surface area contributed by atoms with Crippen molar-refractivity contribution in [3.05, 3.63) is 94.8 Å². The summed E-state index contributed by atoms with van der Waals surface area (Å²) in [6, 6.07) is 22.0. The molecule has 0 radical (unpaired) electrons. The van der Waals surface area contributed by atoms with Gasteiger partial charge >= 0.3 is 0 Å². The Kier molecular flexibility index (Phi) is 6.55. The molecule has 4 rings (SSSR count). The summed E-state index contributed by atoms with van der Waals surface area (Å²) in [5, 5.41) is 2.95. The fourth-order valence-corrected chi connectivity index (χ4v) is 4.14. The van der Waals surface area contributed by atoms with Gasteiger partial charge in [0.15, 0.2) is 6.61 Å². The van der Waals surface area contributed by atoms with Crippen LogP contribution in [0.4, 0.5) is 0 Å². The highest BCUT2D eigenvalue weighted by molar-refractivity contribution is 5.78. The Labute approximate surface area is 189 Å². The van der Waals surface area contributed by atoms with Crippen molar-refractivity contribution in [1.82, 2.24) is 14.9 Å². The number of benzene rings is 3. The van der Waals surface area contributed by atoms with E-state index in [1.54, 1.807) is 0 Å². The number of carbonyl (C=O) groups is 1. The molecule has 5 heteroatoms. The fraction of sp³-hybridized carbons (Fsp3) is 0.259. The quantitative estimate of drug-likeness (QED) is 0.442. The molecule has 0 spiro atoms. The summed E-state index contributed by atoms with van der Waals surface area (Å²) in [5.41, 5.74) is 7.26. The molecule has 0 aliphatic rings. The molecule has 0 unspecified atom stereocenters. The lowest BCUT2D eigenvalue weighted by atomic mass is 9.99. The van der Waals surface area contributed by atoms with Crippen LogP contribution in [-0.2, 0) is 17.8 Å². The van der Waals surface area contributed by atoms with E-state index in [4.69, 9.17) is 9.72 Å². The van der Waals surface area contributed by atoms with Crippen LogP contribution in [0.15, 0.2) is 66.7 Å². The number of amides is 1. The van der Waals surface area contributed by atoms with E-state index in [0.717, 1.165) is 23.4 Å². The van der Waals surface area contributed by atoms with Gasteiger partial charge in [-0.25, -0.2) is 4.98 Å². The first-order valence-corrected chi connectivity index (χ1v) is 11.0. The lowest BCUT2D eigenvalue weighted by Crippen LogP contribution is -2.31. The standard InChI is InChI=1S/C27H29N3O2/c1-19-15-20(2)23(21(3)16-19)17-30-25-12-8-7-11-24(25)29-26(30)13-14-28-27(31)18-32-22-9-5-4-6-10-22/h4-12,15-16H,13-14,17-18H2,1-3H3,(H,28,31). The number of hydrogen-bond acceptors (Lipinski definition) is 3. The molecule has 0 aliphatic carbocycles. The van der Waals surface area contributed by atoms with Crippen LogP contribution < -0.4 is 10.1 Å². The molecule has 0 saturated carbocycles. The molecule has 1 amide bonds. The van der Waals surface area contributed by atoms with E-state index in [9.17, 15) is 4.79 Å². The lowest BCUT2D eigenvalue weighted by molar-refractivity contribution is -0.123. The molecule has 1 aromatic heterocycles. The van der Waals surface area contributed by atoms with Crippen molar-refractivity contribution < 1.29 is 9.53 Å². The van der Waals surface area contributed by atoms with E-state index in [1.807, 2.05) is 48.5 Å². The average Bonchev–Trinajstić information content (AvgIpc) is 3.12. The lowest BCUT2D eigenvalue weighted by Gasteiger charge is -2.15. The Balaban J connectivity index is 1.46. The third-order valence-corrected chi connectivity index (χ3v) is 5.67. The van der Waals surface area contributed by atoms with Crippen LogP contribution in [0.5, 0.6) is 5.75 Å². The molecular formula is C27H29N3O2. The van der Waals surface area contributed by atoms with E-state index in [-0.39, 0.29) is 12.5 Å². The number of rotatable bonds is 8. The van der Waals surface area contributed by atoms with Crippen molar-refractivity contribution in [2.45, 2.75) is 33.7 Å². The molecule has 3 aromatic carbocycles. The van der Waals surface area contributed by atoms with Gasteiger partial charge in [-0.2, -0.15) is 0 Å². The van der Waals surface area contributed by atoms with Crippen molar-refractivity contribution in [3.8, 4) is 5.75 Å². The second-order valence-corrected chi connectivity index (χ2v) is 8.18. The maximum atomic E-state index is 12.2. The van der Waals surface area contributed by atoms with Crippen molar-refractivity contribution in [1.29, 1.82) is 0 Å². The summed E-state index contributed by atoms with van der Waals surface area (Å²) in [6.07, 6.45) is 0.649. The summed E-state index contributed by atoms with van der Waals surface area (Å²) in [6.45, 7) is 7.74. The maximum absolute atomic E-state index is 12.2. The number of nitrogens with zero attached hydrogens (tertiary/aromatic N) is 2. The van der Waals surface area contributed by atoms with Crippen LogP contribution in [0.3, 0.4) is 0 Å². The van der Waals surface area contributed by atoms with Crippen molar-refractivity contribution >= 4 is 16.9 Å². The van der Waals surface area contributed by atoms with Crippen molar-refractivity contribution in [3.63, 3.8) is 0 Å². The topological polar surface area (TPSA) is 56.2 Å². The highest BCUT2D eigenvalue weighted by atomic mass is 16.5. The van der Waals surface area contributed by atoms with Gasteiger partial charge in [-0.15, -0.1) is 0 Å². The fourth-order valence-electron chi connectivity index (χ4n) is 4.14. The molecule has 0 bridgehead atoms. The van der Waals surface area contributed by atoms with Crippen LogP contribution in [0.1, 0.15) is 28.1 Å². The minimum atomic E-state index is -0.137. The van der Waals surface area contributed by atoms with E-state index in [0.29, 0.717) is 18.7 Å². The van der Waals surface area contributed by atoms with Crippen LogP contribution in [0.25, 0.3) is 11.0 Å². The predicted octanol–water partition coefficient (Wildman–Crippen LogP) is 4.75. The first-order valence-electron chi connectivity index (χ1n) is 11.0. The number of aromatic nitrogens is 2. The van der Waals surface area contributed by atoms with Crippen LogP contribution in [0.2, 0.25) is 0 Å². The molecule has 0 fully saturated rings. The number of fused-ring (bicyclic) bond motifs is 1. The SMILES string of the molecule is Cc1cc(C)c(Cn2c(CCNC(=O)COc3ccccc3)nc3ccccc32)c(C)c1. The van der Waals surface area contributed by atoms with Crippen LogP contribution in [-0.4, -0.2) is 28.6 Å². The molecule has 0 saturated heterocycles. The third-order valence-electron chi connectivity index (χ3n) is 5.67. The van der Waals surface area contributed by atoms with Gasteiger partial charge in [0.1, 0.15) is 11.6 Å². The highest BCUT2D eigenvalue weighted by Gasteiger charge is 2.14. The minimum Gasteiger partial charge on any atom is -0.484 e. The maximum Gasteiger partial charge on any atom is 0.257 e. The largest absolute Gasteiger partial charge is 0.484 e. The molecular weight excluding hydrogens is 398 g/mol. The molecule has 164 valence electrons. The smallest absolute Gasteiger partial charge is 0.257 e. The minimum absolute atomic E-state index is 0.00217. The van der Waals surface area contributed by atoms with E-state index in [1.165, 1.54) is 22.3 Å². The van der Waals surface area contributed by atoms with Crippen LogP contribution >= 0.6 is 0 Å². The molecule has 0 aliphatic heterocycles. The summed E-state index contributed by atoms with van der Waals surface area (Å²) < 4.78 is 7.79. The molecule has 4 aromatic rings. The zero-order valence-electron chi connectivity index (χ0n) is 18.9. The van der Waals surface area contributed by atoms with Gasteiger partial charge < -0.3 is 14.6 Å². The van der Waals surface area contributed by atoms with Gasteiger partial charge in [-0.05, 0) is 61.7 Å². The Morgan fingerprint density at radius 3 is 2.41 bits per heavy atom. The van der Waals surface area contributed by atoms with Gasteiger partial charge in [0.25, 0.3) is 5.91 Å². The molecule has 1 heterocycles. The summed E-state index contributed by atoms with van der Waals surface area (Å²) in [7, 11) is 0. The molecule has 0 atom stereocenters. The Morgan fingerprint density at radius 1 is 0.969 bits per heavy atom. The zero-order valence-corrected chi connectivity index (χ0v) is 18.9. The number of hydrogen-bond donors (Lipinski definition) is 1. The highest BCUT2D eigenvalue weighted by Crippen LogP contribution is 2.22. The van der Waals surface area contributed by atoms with Gasteiger partial charge in [-0.3, -0.25) is 4.79 Å². The second kappa shape index (κ2) is 9.69. The number of nitrogens with one attached hydrogen (secondary N) is 1. The monoisotopic (exact) mass is 427 g/mol. The average molecular weight is 428 g/mol. The number of ether oxygens (including phenoxy) is 1. The third kappa shape index (κ3) is 4.99. The molecule has 32 heavy (non-hydrogen) atoms. The number of aryl methyl sites for hydroxylation is 3. The van der Waals surface area contributed by atoms with Crippen LogP contribution in [0, 0.1) is 20.8 Å². The second-order valence-electron chi connectivity index (χ2n) is 8.18. The Bertz CT molecular complexity index is 1210. The van der Waals surface area contributed by atoms with E-state index >= 15 is 0 Å². The normalized spacial score (nSPS) is 11.0. The Hall–Kier alpha value is -3.60. The summed E-state index contributed by atoms with van der Waals surface area (Å²) >= 11 is 0. The summed E-state index contributed by atoms with van der Waals surface area (Å²) in [4.78, 5) is 17.1. The number of carbonyl (C=O) groups excluding carboxylic acids is 1. The Morgan fingerprint density at radius 2 is 1.66 bits per heavy atom. The van der Waals surface area contributed by atoms with Gasteiger partial charge in [-0.1, -0.05) is 48.0 Å². The van der Waals surface area contributed by atoms with E-state index < -0.39 is 0 Å². The van der Waals surface area contributed by atoms with Gasteiger partial charge in [0.2, 0.25) is 0 Å². The van der Waals surface area contributed by atoms with Gasteiger partial charge in [0, 0.05) is 19.5 Å². The predicted molar refractivity (Wildman–Crippen MR) is 128 cm³/mol. The molecule has 5 nitrogen and oxygen atoms in total. The zero-order chi connectivity index (χ0) is 22.5. The van der Waals surface area contributed by atoms with Crippen molar-refractivity contribution in [2.75, 3.05) is 13.2 Å². The van der Waals surface area contributed by atoms with Crippen molar-refractivity contribution in [2.24, 2.45) is 0 Å². The summed E-state index contributed by atoms with van der Waals surface area (Å²) in [5.74, 6) is 1.52. The molecule has 1 N–H and O–H groups in total.